The Morgan fingerprint density at radius 1 is 1.41 bits per heavy atom. The lowest BCUT2D eigenvalue weighted by Crippen LogP contribution is -2.52. The van der Waals surface area contributed by atoms with E-state index in [1.807, 2.05) is 13.0 Å². The van der Waals surface area contributed by atoms with Crippen LogP contribution in [-0.2, 0) is 27.4 Å². The molecule has 4 rings (SSSR count). The first-order valence-corrected chi connectivity index (χ1v) is 9.63. The third kappa shape index (κ3) is 4.63. The number of carbonyl (C=O) groups is 1. The maximum Gasteiger partial charge on any atom is 0.249 e. The zero-order valence-corrected chi connectivity index (χ0v) is 16.2. The van der Waals surface area contributed by atoms with Gasteiger partial charge in [-0.1, -0.05) is 6.07 Å². The maximum atomic E-state index is 13.7. The first-order valence-electron chi connectivity index (χ1n) is 9.63. The van der Waals surface area contributed by atoms with Crippen molar-refractivity contribution in [2.24, 2.45) is 0 Å². The lowest BCUT2D eigenvalue weighted by atomic mass is 9.97. The van der Waals surface area contributed by atoms with E-state index in [-0.39, 0.29) is 18.0 Å². The Morgan fingerprint density at radius 2 is 2.28 bits per heavy atom. The number of benzene rings is 1. The standard InChI is InChI=1S/C20H24F2N4O3/c1-13-6-16(25-24-13)10-26-4-5-29-20(11-26)8-18(28-12-20)19(27)23-9-14-2-3-15(21)7-17(14)22/h2-3,6-7,18H,4-5,8-12H2,1H3,(H,23,27)(H,24,25). The molecule has 2 unspecified atom stereocenters. The van der Waals surface area contributed by atoms with E-state index < -0.39 is 23.3 Å². The molecule has 0 bridgehead atoms. The monoisotopic (exact) mass is 406 g/mol. The van der Waals surface area contributed by atoms with Crippen LogP contribution >= 0.6 is 0 Å². The third-order valence-electron chi connectivity index (χ3n) is 5.34. The molecule has 1 amide bonds. The Hall–Kier alpha value is -2.36. The van der Waals surface area contributed by atoms with Gasteiger partial charge >= 0.3 is 0 Å². The quantitative estimate of drug-likeness (QED) is 0.790. The summed E-state index contributed by atoms with van der Waals surface area (Å²) in [6.45, 7) is 4.96. The highest BCUT2D eigenvalue weighted by Gasteiger charge is 2.46. The minimum atomic E-state index is -0.686. The fraction of sp³-hybridized carbons (Fsp3) is 0.500. The number of halogens is 2. The number of aromatic nitrogens is 2. The Morgan fingerprint density at radius 3 is 3.03 bits per heavy atom. The van der Waals surface area contributed by atoms with Crippen LogP contribution in [0.2, 0.25) is 0 Å². The van der Waals surface area contributed by atoms with Crippen LogP contribution in [0.4, 0.5) is 8.78 Å². The summed E-state index contributed by atoms with van der Waals surface area (Å²) in [6, 6.07) is 5.30. The number of hydrogen-bond donors (Lipinski definition) is 2. The number of morpholine rings is 1. The van der Waals surface area contributed by atoms with E-state index >= 15 is 0 Å². The summed E-state index contributed by atoms with van der Waals surface area (Å²) in [6.07, 6.45) is -0.230. The van der Waals surface area contributed by atoms with Crippen molar-refractivity contribution in [1.82, 2.24) is 20.4 Å². The molecule has 0 saturated carbocycles. The molecule has 2 fully saturated rings. The van der Waals surface area contributed by atoms with Crippen molar-refractivity contribution in [2.45, 2.75) is 38.1 Å². The highest BCUT2D eigenvalue weighted by Crippen LogP contribution is 2.32. The maximum absolute atomic E-state index is 13.7. The highest BCUT2D eigenvalue weighted by atomic mass is 19.1. The van der Waals surface area contributed by atoms with Crippen molar-refractivity contribution in [1.29, 1.82) is 0 Å². The van der Waals surface area contributed by atoms with E-state index in [0.29, 0.717) is 32.7 Å². The summed E-state index contributed by atoms with van der Waals surface area (Å²) in [4.78, 5) is 14.7. The predicted molar refractivity (Wildman–Crippen MR) is 99.8 cm³/mol. The van der Waals surface area contributed by atoms with Crippen LogP contribution < -0.4 is 5.32 Å². The zero-order chi connectivity index (χ0) is 20.4. The molecule has 9 heteroatoms. The highest BCUT2D eigenvalue weighted by molar-refractivity contribution is 5.81. The van der Waals surface area contributed by atoms with Crippen molar-refractivity contribution in [2.75, 3.05) is 26.3 Å². The number of amides is 1. The molecule has 0 aliphatic carbocycles. The summed E-state index contributed by atoms with van der Waals surface area (Å²) >= 11 is 0. The van der Waals surface area contributed by atoms with E-state index in [1.165, 1.54) is 6.07 Å². The molecule has 1 aromatic heterocycles. The largest absolute Gasteiger partial charge is 0.370 e. The van der Waals surface area contributed by atoms with Crippen molar-refractivity contribution in [3.8, 4) is 0 Å². The average Bonchev–Trinajstić information content (AvgIpc) is 3.27. The smallest absolute Gasteiger partial charge is 0.249 e. The summed E-state index contributed by atoms with van der Waals surface area (Å²) < 4.78 is 38.4. The number of rotatable bonds is 5. The lowest BCUT2D eigenvalue weighted by Gasteiger charge is -2.39. The molecule has 0 radical (unpaired) electrons. The summed E-state index contributed by atoms with van der Waals surface area (Å²) in [5.41, 5.74) is 1.67. The van der Waals surface area contributed by atoms with Gasteiger partial charge in [-0.15, -0.1) is 0 Å². The molecular formula is C20H24F2N4O3. The number of ether oxygens (including phenoxy) is 2. The van der Waals surface area contributed by atoms with Gasteiger partial charge in [0.15, 0.2) is 0 Å². The molecule has 156 valence electrons. The fourth-order valence-corrected chi connectivity index (χ4v) is 3.89. The second kappa shape index (κ2) is 8.17. The van der Waals surface area contributed by atoms with Gasteiger partial charge in [0.1, 0.15) is 23.3 Å². The Labute approximate surface area is 167 Å². The van der Waals surface area contributed by atoms with Crippen LogP contribution in [0.25, 0.3) is 0 Å². The summed E-state index contributed by atoms with van der Waals surface area (Å²) in [7, 11) is 0. The molecule has 2 aliphatic rings. The number of aryl methyl sites for hydroxylation is 1. The van der Waals surface area contributed by atoms with Crippen LogP contribution in [0.1, 0.15) is 23.4 Å². The topological polar surface area (TPSA) is 79.5 Å². The van der Waals surface area contributed by atoms with E-state index in [2.05, 4.69) is 20.4 Å². The molecular weight excluding hydrogens is 382 g/mol. The van der Waals surface area contributed by atoms with E-state index in [1.54, 1.807) is 0 Å². The van der Waals surface area contributed by atoms with E-state index in [9.17, 15) is 13.6 Å². The number of nitrogens with one attached hydrogen (secondary N) is 2. The van der Waals surface area contributed by atoms with Gasteiger partial charge in [-0.25, -0.2) is 8.78 Å². The molecule has 7 nitrogen and oxygen atoms in total. The van der Waals surface area contributed by atoms with Gasteiger partial charge in [0.2, 0.25) is 5.91 Å². The van der Waals surface area contributed by atoms with Crippen LogP contribution in [0.3, 0.4) is 0 Å². The van der Waals surface area contributed by atoms with Gasteiger partial charge in [0.05, 0.1) is 18.9 Å². The van der Waals surface area contributed by atoms with Crippen LogP contribution in [0, 0.1) is 18.6 Å². The molecule has 2 atom stereocenters. The van der Waals surface area contributed by atoms with E-state index in [4.69, 9.17) is 9.47 Å². The van der Waals surface area contributed by atoms with E-state index in [0.717, 1.165) is 30.1 Å². The SMILES string of the molecule is Cc1cc(CN2CCOC3(COC(C(=O)NCc4ccc(F)cc4F)C3)C2)n[nH]1. The molecule has 3 heterocycles. The first-order chi connectivity index (χ1) is 13.9. The molecule has 1 spiro atoms. The fourth-order valence-electron chi connectivity index (χ4n) is 3.89. The number of aromatic amines is 1. The minimum Gasteiger partial charge on any atom is -0.370 e. The van der Waals surface area contributed by atoms with Gasteiger partial charge < -0.3 is 14.8 Å². The van der Waals surface area contributed by atoms with Crippen molar-refractivity contribution < 1.29 is 23.0 Å². The van der Waals surface area contributed by atoms with Gasteiger partial charge in [0, 0.05) is 49.9 Å². The molecule has 2 N–H and O–H groups in total. The van der Waals surface area contributed by atoms with Gasteiger partial charge in [-0.05, 0) is 19.1 Å². The molecule has 2 aromatic rings. The van der Waals surface area contributed by atoms with Crippen LogP contribution in [-0.4, -0.2) is 59.0 Å². The predicted octanol–water partition coefficient (Wildman–Crippen LogP) is 1.67. The number of nitrogens with zero attached hydrogens (tertiary/aromatic N) is 2. The lowest BCUT2D eigenvalue weighted by molar-refractivity contribution is -0.130. The number of hydrogen-bond acceptors (Lipinski definition) is 5. The van der Waals surface area contributed by atoms with Crippen LogP contribution in [0.15, 0.2) is 24.3 Å². The van der Waals surface area contributed by atoms with Gasteiger partial charge in [-0.3, -0.25) is 14.8 Å². The van der Waals surface area contributed by atoms with Crippen molar-refractivity contribution in [3.05, 3.63) is 52.9 Å². The molecule has 1 aromatic carbocycles. The molecule has 29 heavy (non-hydrogen) atoms. The first kappa shape index (κ1) is 19.9. The van der Waals surface area contributed by atoms with Gasteiger partial charge in [-0.2, -0.15) is 5.10 Å². The number of H-pyrrole nitrogens is 1. The second-order valence-electron chi connectivity index (χ2n) is 7.74. The Kier molecular flexibility index (Phi) is 5.62. The average molecular weight is 406 g/mol. The van der Waals surface area contributed by atoms with Crippen LogP contribution in [0.5, 0.6) is 0 Å². The third-order valence-corrected chi connectivity index (χ3v) is 5.34. The van der Waals surface area contributed by atoms with Crippen molar-refractivity contribution >= 4 is 5.91 Å². The minimum absolute atomic E-state index is 0.0245. The Bertz CT molecular complexity index is 890. The zero-order valence-electron chi connectivity index (χ0n) is 16.2. The molecule has 2 saturated heterocycles. The Balaban J connectivity index is 1.31. The molecule has 2 aliphatic heterocycles. The van der Waals surface area contributed by atoms with Crippen molar-refractivity contribution in [3.63, 3.8) is 0 Å². The summed E-state index contributed by atoms with van der Waals surface area (Å²) in [5.74, 6) is -1.66. The summed E-state index contributed by atoms with van der Waals surface area (Å²) in [5, 5.41) is 9.89. The normalized spacial score (nSPS) is 24.9. The second-order valence-corrected chi connectivity index (χ2v) is 7.74. The van der Waals surface area contributed by atoms with Gasteiger partial charge in [0.25, 0.3) is 0 Å². The number of carbonyl (C=O) groups excluding carboxylic acids is 1.